The van der Waals surface area contributed by atoms with Crippen molar-refractivity contribution in [2.45, 2.75) is 13.5 Å². The minimum Gasteiger partial charge on any atom is -0.443 e. The summed E-state index contributed by atoms with van der Waals surface area (Å²) >= 11 is 0. The van der Waals surface area contributed by atoms with Crippen molar-refractivity contribution in [3.05, 3.63) is 108 Å². The number of hydrogen-bond donors (Lipinski definition) is 1. The monoisotopic (exact) mass is 480 g/mol. The molecule has 1 aromatic heterocycles. The maximum absolute atomic E-state index is 13.4. The van der Waals surface area contributed by atoms with Gasteiger partial charge in [-0.05, 0) is 30.7 Å². The number of nitrogens with zero attached hydrogens (tertiary/aromatic N) is 3. The zero-order chi connectivity index (χ0) is 24.9. The number of benzene rings is 3. The van der Waals surface area contributed by atoms with Crippen LogP contribution in [0, 0.1) is 6.92 Å². The Kier molecular flexibility index (Phi) is 6.91. The third-order valence-corrected chi connectivity index (χ3v) is 6.40. The van der Waals surface area contributed by atoms with E-state index in [9.17, 15) is 9.59 Å². The van der Waals surface area contributed by atoms with Crippen LogP contribution in [0.25, 0.3) is 11.3 Å². The van der Waals surface area contributed by atoms with Gasteiger partial charge in [-0.15, -0.1) is 0 Å². The van der Waals surface area contributed by atoms with Gasteiger partial charge < -0.3 is 14.6 Å². The molecule has 2 heterocycles. The van der Waals surface area contributed by atoms with Gasteiger partial charge in [0.2, 0.25) is 0 Å². The molecular weight excluding hydrogens is 452 g/mol. The standard InChI is InChI=1S/C29H28N4O3/c1-21-11-13-23(14-12-21)31-28(34)25-10-6-5-9-24(25)27-26(30-20-36-27)29(35)33-17-15-32(16-18-33)19-22-7-3-2-4-8-22/h2-14,20H,15-19H2,1H3,(H,31,34). The van der Waals surface area contributed by atoms with E-state index in [1.165, 1.54) is 12.0 Å². The summed E-state index contributed by atoms with van der Waals surface area (Å²) in [5.74, 6) is -0.160. The van der Waals surface area contributed by atoms with Gasteiger partial charge >= 0.3 is 0 Å². The second-order valence-corrected chi connectivity index (χ2v) is 8.95. The van der Waals surface area contributed by atoms with E-state index in [2.05, 4.69) is 27.3 Å². The number of piperazine rings is 1. The number of aryl methyl sites for hydroxylation is 1. The van der Waals surface area contributed by atoms with E-state index < -0.39 is 0 Å². The van der Waals surface area contributed by atoms with Gasteiger partial charge in [-0.2, -0.15) is 0 Å². The Morgan fingerprint density at radius 3 is 2.33 bits per heavy atom. The van der Waals surface area contributed by atoms with Crippen LogP contribution in [0.4, 0.5) is 5.69 Å². The minimum atomic E-state index is -0.279. The quantitative estimate of drug-likeness (QED) is 0.426. The molecule has 1 aliphatic heterocycles. The van der Waals surface area contributed by atoms with Crippen LogP contribution in [-0.2, 0) is 6.54 Å². The number of oxazole rings is 1. The molecule has 0 radical (unpaired) electrons. The predicted molar refractivity (Wildman–Crippen MR) is 139 cm³/mol. The van der Waals surface area contributed by atoms with Gasteiger partial charge in [0.15, 0.2) is 17.8 Å². The Labute approximate surface area is 210 Å². The van der Waals surface area contributed by atoms with Crippen LogP contribution in [0.15, 0.2) is 89.7 Å². The lowest BCUT2D eigenvalue weighted by atomic mass is 10.0. The zero-order valence-electron chi connectivity index (χ0n) is 20.2. The maximum atomic E-state index is 13.4. The van der Waals surface area contributed by atoms with Crippen LogP contribution in [0.5, 0.6) is 0 Å². The van der Waals surface area contributed by atoms with Gasteiger partial charge in [0.1, 0.15) is 0 Å². The molecule has 7 heteroatoms. The number of aromatic nitrogens is 1. The molecule has 182 valence electrons. The highest BCUT2D eigenvalue weighted by atomic mass is 16.3. The Balaban J connectivity index is 1.30. The van der Waals surface area contributed by atoms with E-state index in [-0.39, 0.29) is 17.5 Å². The van der Waals surface area contributed by atoms with Gasteiger partial charge in [-0.1, -0.05) is 66.2 Å². The normalized spacial score (nSPS) is 14.0. The lowest BCUT2D eigenvalue weighted by molar-refractivity contribution is 0.0623. The molecule has 0 aliphatic carbocycles. The first-order valence-electron chi connectivity index (χ1n) is 12.0. The first-order valence-corrected chi connectivity index (χ1v) is 12.0. The van der Waals surface area contributed by atoms with Gasteiger partial charge in [0, 0.05) is 44.0 Å². The Morgan fingerprint density at radius 1 is 0.889 bits per heavy atom. The summed E-state index contributed by atoms with van der Waals surface area (Å²) in [4.78, 5) is 34.9. The molecule has 2 amide bonds. The molecule has 7 nitrogen and oxygen atoms in total. The van der Waals surface area contributed by atoms with Crippen molar-refractivity contribution < 1.29 is 14.0 Å². The summed E-state index contributed by atoms with van der Waals surface area (Å²) in [5, 5.41) is 2.92. The van der Waals surface area contributed by atoms with Gasteiger partial charge in [-0.25, -0.2) is 4.98 Å². The molecule has 0 bridgehead atoms. The fourth-order valence-corrected chi connectivity index (χ4v) is 4.40. The van der Waals surface area contributed by atoms with Crippen LogP contribution in [0.1, 0.15) is 32.0 Å². The molecule has 5 rings (SSSR count). The molecule has 36 heavy (non-hydrogen) atoms. The Hall–Kier alpha value is -4.23. The molecule has 3 aromatic carbocycles. The van der Waals surface area contributed by atoms with E-state index in [1.807, 2.05) is 55.5 Å². The van der Waals surface area contributed by atoms with Gasteiger partial charge in [-0.3, -0.25) is 14.5 Å². The fraction of sp³-hybridized carbons (Fsp3) is 0.207. The molecule has 0 saturated carbocycles. The Morgan fingerprint density at radius 2 is 1.58 bits per heavy atom. The smallest absolute Gasteiger partial charge is 0.276 e. The van der Waals surface area contributed by atoms with Gasteiger partial charge in [0.25, 0.3) is 11.8 Å². The van der Waals surface area contributed by atoms with E-state index in [0.29, 0.717) is 35.7 Å². The summed E-state index contributed by atoms with van der Waals surface area (Å²) < 4.78 is 5.67. The third-order valence-electron chi connectivity index (χ3n) is 6.40. The maximum Gasteiger partial charge on any atom is 0.276 e. The van der Waals surface area contributed by atoms with Crippen molar-refractivity contribution in [2.24, 2.45) is 0 Å². The van der Waals surface area contributed by atoms with Gasteiger partial charge in [0.05, 0.1) is 5.56 Å². The lowest BCUT2D eigenvalue weighted by Gasteiger charge is -2.34. The van der Waals surface area contributed by atoms with E-state index >= 15 is 0 Å². The SMILES string of the molecule is Cc1ccc(NC(=O)c2ccccc2-c2ocnc2C(=O)N2CCN(Cc3ccccc3)CC2)cc1. The first kappa shape index (κ1) is 23.5. The van der Waals surface area contributed by atoms with Crippen LogP contribution >= 0.6 is 0 Å². The minimum absolute atomic E-state index is 0.188. The number of carbonyl (C=O) groups excluding carboxylic acids is 2. The van der Waals surface area contributed by atoms with E-state index in [1.54, 1.807) is 23.1 Å². The average Bonchev–Trinajstić information content (AvgIpc) is 3.40. The number of rotatable bonds is 6. The Bertz CT molecular complexity index is 1340. The highest BCUT2D eigenvalue weighted by Gasteiger charge is 2.28. The molecule has 0 atom stereocenters. The zero-order valence-corrected chi connectivity index (χ0v) is 20.2. The summed E-state index contributed by atoms with van der Waals surface area (Å²) in [6.07, 6.45) is 1.27. The van der Waals surface area contributed by atoms with Crippen LogP contribution in [0.2, 0.25) is 0 Å². The number of nitrogens with one attached hydrogen (secondary N) is 1. The van der Waals surface area contributed by atoms with E-state index in [4.69, 9.17) is 4.42 Å². The topological polar surface area (TPSA) is 78.7 Å². The van der Waals surface area contributed by atoms with Crippen molar-refractivity contribution >= 4 is 17.5 Å². The summed E-state index contributed by atoms with van der Waals surface area (Å²) in [6.45, 7) is 5.63. The average molecular weight is 481 g/mol. The molecule has 1 fully saturated rings. The highest BCUT2D eigenvalue weighted by molar-refractivity contribution is 6.09. The van der Waals surface area contributed by atoms with Crippen LogP contribution < -0.4 is 5.32 Å². The highest BCUT2D eigenvalue weighted by Crippen LogP contribution is 2.29. The molecule has 1 N–H and O–H groups in total. The van der Waals surface area contributed by atoms with Crippen molar-refractivity contribution in [3.8, 4) is 11.3 Å². The summed E-state index contributed by atoms with van der Waals surface area (Å²) in [5.41, 5.74) is 4.24. The molecule has 0 unspecified atom stereocenters. The number of hydrogen-bond acceptors (Lipinski definition) is 5. The second-order valence-electron chi connectivity index (χ2n) is 8.95. The molecule has 4 aromatic rings. The predicted octanol–water partition coefficient (Wildman–Crippen LogP) is 4.86. The molecule has 0 spiro atoms. The lowest BCUT2D eigenvalue weighted by Crippen LogP contribution is -2.48. The van der Waals surface area contributed by atoms with Crippen molar-refractivity contribution in [1.82, 2.24) is 14.8 Å². The number of amides is 2. The number of anilines is 1. The largest absolute Gasteiger partial charge is 0.443 e. The molecule has 1 aliphatic rings. The van der Waals surface area contributed by atoms with Crippen molar-refractivity contribution in [3.63, 3.8) is 0 Å². The number of carbonyl (C=O) groups is 2. The second kappa shape index (κ2) is 10.6. The van der Waals surface area contributed by atoms with Crippen molar-refractivity contribution in [1.29, 1.82) is 0 Å². The van der Waals surface area contributed by atoms with E-state index in [0.717, 1.165) is 25.2 Å². The van der Waals surface area contributed by atoms with Crippen LogP contribution in [-0.4, -0.2) is 52.8 Å². The third kappa shape index (κ3) is 5.21. The molecular formula is C29H28N4O3. The summed E-state index contributed by atoms with van der Waals surface area (Å²) in [6, 6.07) is 25.0. The molecule has 1 saturated heterocycles. The van der Waals surface area contributed by atoms with Crippen LogP contribution in [0.3, 0.4) is 0 Å². The first-order chi connectivity index (χ1) is 17.6. The van der Waals surface area contributed by atoms with Crippen molar-refractivity contribution in [2.75, 3.05) is 31.5 Å². The summed E-state index contributed by atoms with van der Waals surface area (Å²) in [7, 11) is 0. The fourth-order valence-electron chi connectivity index (χ4n) is 4.40.